The van der Waals surface area contributed by atoms with Crippen molar-refractivity contribution in [3.8, 4) is 0 Å². The molecule has 4 nitrogen and oxygen atoms in total. The molecule has 74 valence electrons. The maximum absolute atomic E-state index is 11.7. The molecule has 0 bridgehead atoms. The SMILES string of the molecule is CN1c2cnccc2NC(=O)C1(C)C. The Labute approximate surface area is 82.9 Å². The highest BCUT2D eigenvalue weighted by Gasteiger charge is 2.37. The monoisotopic (exact) mass is 191 g/mol. The lowest BCUT2D eigenvalue weighted by atomic mass is 9.98. The minimum atomic E-state index is -0.518. The maximum Gasteiger partial charge on any atom is 0.249 e. The lowest BCUT2D eigenvalue weighted by Gasteiger charge is -2.40. The number of amides is 1. The van der Waals surface area contributed by atoms with E-state index in [0.717, 1.165) is 11.4 Å². The highest BCUT2D eigenvalue weighted by molar-refractivity contribution is 6.05. The Morgan fingerprint density at radius 3 is 2.93 bits per heavy atom. The first-order chi connectivity index (χ1) is 6.53. The smallest absolute Gasteiger partial charge is 0.249 e. The zero-order valence-electron chi connectivity index (χ0n) is 8.53. The van der Waals surface area contributed by atoms with Crippen molar-refractivity contribution in [1.82, 2.24) is 4.98 Å². The number of anilines is 2. The van der Waals surface area contributed by atoms with Gasteiger partial charge in [0.1, 0.15) is 5.54 Å². The molecule has 0 aromatic carbocycles. The van der Waals surface area contributed by atoms with Crippen LogP contribution in [0.2, 0.25) is 0 Å². The number of hydrogen-bond donors (Lipinski definition) is 1. The number of aromatic nitrogens is 1. The first kappa shape index (κ1) is 8.99. The normalized spacial score (nSPS) is 18.8. The molecule has 0 saturated carbocycles. The van der Waals surface area contributed by atoms with Gasteiger partial charge in [0.15, 0.2) is 0 Å². The Hall–Kier alpha value is -1.58. The van der Waals surface area contributed by atoms with E-state index in [1.807, 2.05) is 25.8 Å². The molecule has 0 atom stereocenters. The molecular weight excluding hydrogens is 178 g/mol. The molecule has 1 aromatic heterocycles. The summed E-state index contributed by atoms with van der Waals surface area (Å²) in [6, 6.07) is 1.80. The van der Waals surface area contributed by atoms with Crippen LogP contribution < -0.4 is 10.2 Å². The van der Waals surface area contributed by atoms with Gasteiger partial charge in [-0.1, -0.05) is 0 Å². The third kappa shape index (κ3) is 1.07. The van der Waals surface area contributed by atoms with Crippen LogP contribution in [-0.2, 0) is 4.79 Å². The first-order valence-corrected chi connectivity index (χ1v) is 4.53. The van der Waals surface area contributed by atoms with Gasteiger partial charge in [0.25, 0.3) is 0 Å². The van der Waals surface area contributed by atoms with Crippen LogP contribution >= 0.6 is 0 Å². The predicted octanol–water partition coefficient (Wildman–Crippen LogP) is 1.25. The van der Waals surface area contributed by atoms with Crippen molar-refractivity contribution in [3.63, 3.8) is 0 Å². The minimum absolute atomic E-state index is 0.0127. The molecule has 0 unspecified atom stereocenters. The summed E-state index contributed by atoms with van der Waals surface area (Å²) in [6.45, 7) is 3.77. The molecule has 0 radical (unpaired) electrons. The molecule has 0 fully saturated rings. The van der Waals surface area contributed by atoms with Crippen LogP contribution in [0.1, 0.15) is 13.8 Å². The second kappa shape index (κ2) is 2.70. The minimum Gasteiger partial charge on any atom is -0.358 e. The summed E-state index contributed by atoms with van der Waals surface area (Å²) in [5.74, 6) is 0.0127. The molecule has 14 heavy (non-hydrogen) atoms. The summed E-state index contributed by atoms with van der Waals surface area (Å²) in [6.07, 6.45) is 3.43. The average molecular weight is 191 g/mol. The van der Waals surface area contributed by atoms with Crippen LogP contribution in [0.4, 0.5) is 11.4 Å². The van der Waals surface area contributed by atoms with Crippen molar-refractivity contribution in [1.29, 1.82) is 0 Å². The first-order valence-electron chi connectivity index (χ1n) is 4.53. The van der Waals surface area contributed by atoms with Gasteiger partial charge in [-0.15, -0.1) is 0 Å². The van der Waals surface area contributed by atoms with E-state index in [9.17, 15) is 4.79 Å². The molecule has 4 heteroatoms. The van der Waals surface area contributed by atoms with Crippen LogP contribution in [-0.4, -0.2) is 23.5 Å². The largest absolute Gasteiger partial charge is 0.358 e. The van der Waals surface area contributed by atoms with Crippen LogP contribution in [0, 0.1) is 0 Å². The van der Waals surface area contributed by atoms with Gasteiger partial charge in [-0.3, -0.25) is 9.78 Å². The second-order valence-electron chi connectivity index (χ2n) is 3.96. The average Bonchev–Trinajstić information content (AvgIpc) is 2.15. The topological polar surface area (TPSA) is 45.2 Å². The van der Waals surface area contributed by atoms with Gasteiger partial charge in [-0.05, 0) is 19.9 Å². The molecule has 1 aromatic rings. The molecule has 1 N–H and O–H groups in total. The van der Waals surface area contributed by atoms with Gasteiger partial charge >= 0.3 is 0 Å². The standard InChI is InChI=1S/C10H13N3O/c1-10(2)9(14)12-7-4-5-11-6-8(7)13(10)3/h4-6H,1-3H3,(H,12,14). The zero-order chi connectivity index (χ0) is 10.3. The lowest BCUT2D eigenvalue weighted by molar-refractivity contribution is -0.120. The fraction of sp³-hybridized carbons (Fsp3) is 0.400. The summed E-state index contributed by atoms with van der Waals surface area (Å²) >= 11 is 0. The summed E-state index contributed by atoms with van der Waals surface area (Å²) in [4.78, 5) is 17.7. The number of carbonyl (C=O) groups excluding carboxylic acids is 1. The van der Waals surface area contributed by atoms with Crippen molar-refractivity contribution >= 4 is 17.3 Å². The highest BCUT2D eigenvalue weighted by atomic mass is 16.2. The van der Waals surface area contributed by atoms with Crippen LogP contribution in [0.25, 0.3) is 0 Å². The van der Waals surface area contributed by atoms with Gasteiger partial charge in [0.2, 0.25) is 5.91 Å². The van der Waals surface area contributed by atoms with E-state index in [1.54, 1.807) is 18.5 Å². The number of fused-ring (bicyclic) bond motifs is 1. The van der Waals surface area contributed by atoms with Crippen molar-refractivity contribution < 1.29 is 4.79 Å². The maximum atomic E-state index is 11.7. The van der Waals surface area contributed by atoms with Crippen molar-refractivity contribution in [2.24, 2.45) is 0 Å². The van der Waals surface area contributed by atoms with Crippen molar-refractivity contribution in [2.45, 2.75) is 19.4 Å². The summed E-state index contributed by atoms with van der Waals surface area (Å²) in [5, 5.41) is 2.86. The predicted molar refractivity (Wildman–Crippen MR) is 55.3 cm³/mol. The van der Waals surface area contributed by atoms with Gasteiger partial charge in [0.05, 0.1) is 17.6 Å². The van der Waals surface area contributed by atoms with Crippen LogP contribution in [0.15, 0.2) is 18.5 Å². The molecule has 0 saturated heterocycles. The van der Waals surface area contributed by atoms with E-state index >= 15 is 0 Å². The summed E-state index contributed by atoms with van der Waals surface area (Å²) < 4.78 is 0. The molecule has 0 aliphatic carbocycles. The lowest BCUT2D eigenvalue weighted by Crippen LogP contribution is -2.54. The molecule has 2 rings (SSSR count). The Morgan fingerprint density at radius 2 is 2.21 bits per heavy atom. The van der Waals surface area contributed by atoms with Gasteiger partial charge in [-0.2, -0.15) is 0 Å². The Kier molecular flexibility index (Phi) is 1.74. The van der Waals surface area contributed by atoms with E-state index in [-0.39, 0.29) is 5.91 Å². The molecular formula is C10H13N3O. The van der Waals surface area contributed by atoms with Gasteiger partial charge in [0, 0.05) is 13.2 Å². The number of carbonyl (C=O) groups is 1. The Balaban J connectivity index is 2.55. The second-order valence-corrected chi connectivity index (χ2v) is 3.96. The molecule has 1 aliphatic heterocycles. The quantitative estimate of drug-likeness (QED) is 0.671. The van der Waals surface area contributed by atoms with E-state index in [4.69, 9.17) is 0 Å². The highest BCUT2D eigenvalue weighted by Crippen LogP contribution is 2.34. The molecule has 1 amide bonds. The Morgan fingerprint density at radius 1 is 1.50 bits per heavy atom. The fourth-order valence-electron chi connectivity index (χ4n) is 1.49. The van der Waals surface area contributed by atoms with Crippen molar-refractivity contribution in [3.05, 3.63) is 18.5 Å². The number of hydrogen-bond acceptors (Lipinski definition) is 3. The fourth-order valence-corrected chi connectivity index (χ4v) is 1.49. The van der Waals surface area contributed by atoms with Crippen LogP contribution in [0.5, 0.6) is 0 Å². The molecule has 0 spiro atoms. The third-order valence-corrected chi connectivity index (χ3v) is 2.80. The van der Waals surface area contributed by atoms with E-state index in [2.05, 4.69) is 10.3 Å². The molecule has 1 aliphatic rings. The number of nitrogens with zero attached hydrogens (tertiary/aromatic N) is 2. The van der Waals surface area contributed by atoms with Crippen molar-refractivity contribution in [2.75, 3.05) is 17.3 Å². The van der Waals surface area contributed by atoms with Gasteiger partial charge in [-0.25, -0.2) is 0 Å². The summed E-state index contributed by atoms with van der Waals surface area (Å²) in [5.41, 5.74) is 1.26. The summed E-state index contributed by atoms with van der Waals surface area (Å²) in [7, 11) is 1.90. The number of pyridine rings is 1. The van der Waals surface area contributed by atoms with E-state index < -0.39 is 5.54 Å². The molecule has 2 heterocycles. The zero-order valence-corrected chi connectivity index (χ0v) is 8.53. The number of rotatable bonds is 0. The van der Waals surface area contributed by atoms with E-state index in [1.165, 1.54) is 0 Å². The Bertz CT molecular complexity index is 387. The number of likely N-dealkylation sites (N-methyl/N-ethyl adjacent to an activating group) is 1. The van der Waals surface area contributed by atoms with E-state index in [0.29, 0.717) is 0 Å². The van der Waals surface area contributed by atoms with Gasteiger partial charge < -0.3 is 10.2 Å². The van der Waals surface area contributed by atoms with Crippen LogP contribution in [0.3, 0.4) is 0 Å². The third-order valence-electron chi connectivity index (χ3n) is 2.80. The number of nitrogens with one attached hydrogen (secondary N) is 1.